The molecule has 0 saturated carbocycles. The van der Waals surface area contributed by atoms with E-state index in [4.69, 9.17) is 0 Å². The van der Waals surface area contributed by atoms with Gasteiger partial charge in [0.25, 0.3) is 0 Å². The van der Waals surface area contributed by atoms with Crippen LogP contribution in [0.25, 0.3) is 0 Å². The molecule has 0 aromatic rings. The zero-order valence-corrected chi connectivity index (χ0v) is 4.73. The summed E-state index contributed by atoms with van der Waals surface area (Å²) in [5, 5.41) is -4.22. The van der Waals surface area contributed by atoms with Gasteiger partial charge in [-0.15, -0.1) is 0 Å². The maximum Gasteiger partial charge on any atom is 0.439 e. The molecule has 0 rings (SSSR count). The molecule has 0 radical (unpaired) electrons. The van der Waals surface area contributed by atoms with E-state index in [1.54, 1.807) is 0 Å². The van der Waals surface area contributed by atoms with Gasteiger partial charge in [-0.25, -0.2) is 8.78 Å². The van der Waals surface area contributed by atoms with Gasteiger partial charge in [0.1, 0.15) is 6.67 Å². The number of rotatable bonds is 1. The lowest BCUT2D eigenvalue weighted by atomic mass is 10.4. The van der Waals surface area contributed by atoms with Crippen molar-refractivity contribution >= 4 is 11.6 Å². The number of hydrogen-bond donors (Lipinski definition) is 0. The fourth-order valence-corrected chi connectivity index (χ4v) is 0.0758. The lowest BCUT2D eigenvalue weighted by molar-refractivity contribution is -0.201. The van der Waals surface area contributed by atoms with E-state index in [0.717, 1.165) is 0 Å². The van der Waals surface area contributed by atoms with Crippen LogP contribution in [0.4, 0.5) is 22.0 Å². The molecule has 0 N–H and O–H groups in total. The molecule has 0 aliphatic heterocycles. The smallest absolute Gasteiger partial charge is 0.246 e. The molecule has 0 heterocycles. The predicted molar refractivity (Wildman–Crippen MR) is 21.7 cm³/mol. The van der Waals surface area contributed by atoms with Gasteiger partial charge >= 0.3 is 11.3 Å². The van der Waals surface area contributed by atoms with Crippen LogP contribution in [0.3, 0.4) is 0 Å². The van der Waals surface area contributed by atoms with Gasteiger partial charge in [-0.05, 0) is 0 Å². The van der Waals surface area contributed by atoms with E-state index in [1.165, 1.54) is 0 Å². The standard InChI is InChI=1S/C3H2ClF5/c4-2(6,1-5)3(7,8)9/h1H2. The average Bonchev–Trinajstić information content (AvgIpc) is 1.64. The minimum Gasteiger partial charge on any atom is -0.246 e. The molecule has 6 heteroatoms. The number of alkyl halides is 6. The molecular formula is C3H2ClF5. The Morgan fingerprint density at radius 2 is 1.44 bits per heavy atom. The Labute approximate surface area is 52.6 Å². The maximum absolute atomic E-state index is 11.6. The molecule has 1 atom stereocenters. The molecule has 0 nitrogen and oxygen atoms in total. The van der Waals surface area contributed by atoms with Crippen LogP contribution in [0.5, 0.6) is 0 Å². The summed E-state index contributed by atoms with van der Waals surface area (Å²) in [6.45, 7) is -2.27. The third kappa shape index (κ3) is 1.97. The van der Waals surface area contributed by atoms with E-state index in [1.807, 2.05) is 0 Å². The Hall–Kier alpha value is -0.0600. The third-order valence-corrected chi connectivity index (χ3v) is 0.898. The molecule has 1 unspecified atom stereocenters. The van der Waals surface area contributed by atoms with E-state index in [9.17, 15) is 22.0 Å². The maximum atomic E-state index is 11.6. The van der Waals surface area contributed by atoms with Crippen molar-refractivity contribution in [2.45, 2.75) is 11.3 Å². The normalized spacial score (nSPS) is 19.3. The van der Waals surface area contributed by atoms with Crippen molar-refractivity contribution in [1.29, 1.82) is 0 Å². The van der Waals surface area contributed by atoms with E-state index in [0.29, 0.717) is 0 Å². The van der Waals surface area contributed by atoms with Gasteiger partial charge in [0.05, 0.1) is 0 Å². The summed E-state index contributed by atoms with van der Waals surface area (Å²) < 4.78 is 55.9. The highest BCUT2D eigenvalue weighted by atomic mass is 35.5. The monoisotopic (exact) mass is 168 g/mol. The molecule has 0 aromatic carbocycles. The zero-order chi connectivity index (χ0) is 7.71. The van der Waals surface area contributed by atoms with Gasteiger partial charge in [0.15, 0.2) is 0 Å². The van der Waals surface area contributed by atoms with Gasteiger partial charge in [-0.2, -0.15) is 13.2 Å². The Morgan fingerprint density at radius 3 is 1.44 bits per heavy atom. The van der Waals surface area contributed by atoms with Crippen molar-refractivity contribution in [3.8, 4) is 0 Å². The highest BCUT2D eigenvalue weighted by Crippen LogP contribution is 2.37. The van der Waals surface area contributed by atoms with Crippen LogP contribution in [-0.2, 0) is 0 Å². The molecule has 0 aromatic heterocycles. The van der Waals surface area contributed by atoms with Gasteiger partial charge in [0.2, 0.25) is 0 Å². The van der Waals surface area contributed by atoms with Gasteiger partial charge in [-0.3, -0.25) is 0 Å². The van der Waals surface area contributed by atoms with Crippen LogP contribution in [0.2, 0.25) is 0 Å². The Morgan fingerprint density at radius 1 is 1.11 bits per heavy atom. The van der Waals surface area contributed by atoms with Crippen LogP contribution in [0, 0.1) is 0 Å². The second kappa shape index (κ2) is 2.28. The highest BCUT2D eigenvalue weighted by Gasteiger charge is 2.55. The van der Waals surface area contributed by atoms with Crippen LogP contribution in [0.1, 0.15) is 0 Å². The summed E-state index contributed by atoms with van der Waals surface area (Å²) in [6, 6.07) is 0. The summed E-state index contributed by atoms with van der Waals surface area (Å²) in [7, 11) is 0. The lowest BCUT2D eigenvalue weighted by Gasteiger charge is -2.16. The van der Waals surface area contributed by atoms with Crippen LogP contribution in [0.15, 0.2) is 0 Å². The minimum atomic E-state index is -5.33. The van der Waals surface area contributed by atoms with Crippen molar-refractivity contribution in [3.63, 3.8) is 0 Å². The number of hydrogen-bond acceptors (Lipinski definition) is 0. The SMILES string of the molecule is FCC(F)(Cl)C(F)(F)F. The fourth-order valence-electron chi connectivity index (χ4n) is 0.0758. The molecule has 0 amide bonds. The Bertz CT molecular complexity index is 94.9. The van der Waals surface area contributed by atoms with Gasteiger partial charge in [-0.1, -0.05) is 11.6 Å². The van der Waals surface area contributed by atoms with Crippen LogP contribution >= 0.6 is 11.6 Å². The second-order valence-electron chi connectivity index (χ2n) is 1.34. The van der Waals surface area contributed by atoms with E-state index in [2.05, 4.69) is 11.6 Å². The first-order valence-electron chi connectivity index (χ1n) is 1.82. The summed E-state index contributed by atoms with van der Waals surface area (Å²) in [5.41, 5.74) is 0. The molecule has 9 heavy (non-hydrogen) atoms. The van der Waals surface area contributed by atoms with E-state index in [-0.39, 0.29) is 0 Å². The van der Waals surface area contributed by atoms with Crippen LogP contribution in [-0.4, -0.2) is 18.0 Å². The lowest BCUT2D eigenvalue weighted by Crippen LogP contribution is -2.37. The summed E-state index contributed by atoms with van der Waals surface area (Å²) in [6.07, 6.45) is -5.33. The average molecular weight is 168 g/mol. The topological polar surface area (TPSA) is 0 Å². The largest absolute Gasteiger partial charge is 0.439 e. The van der Waals surface area contributed by atoms with Crippen molar-refractivity contribution in [2.75, 3.05) is 6.67 Å². The van der Waals surface area contributed by atoms with E-state index >= 15 is 0 Å². The minimum absolute atomic E-state index is 2.27. The molecule has 0 aliphatic rings. The molecule has 0 saturated heterocycles. The Balaban J connectivity index is 4.14. The third-order valence-electron chi connectivity index (χ3n) is 0.583. The molecule has 0 aliphatic carbocycles. The van der Waals surface area contributed by atoms with Gasteiger partial charge in [0, 0.05) is 0 Å². The molecule has 0 fully saturated rings. The first-order chi connectivity index (χ1) is 3.81. The summed E-state index contributed by atoms with van der Waals surface area (Å²) >= 11 is 4.03. The summed E-state index contributed by atoms with van der Waals surface area (Å²) in [4.78, 5) is 0. The van der Waals surface area contributed by atoms with Crippen molar-refractivity contribution in [1.82, 2.24) is 0 Å². The van der Waals surface area contributed by atoms with Crippen molar-refractivity contribution in [2.24, 2.45) is 0 Å². The first-order valence-corrected chi connectivity index (χ1v) is 2.19. The predicted octanol–water partition coefficient (Wildman–Crippen LogP) is 2.42. The first kappa shape index (κ1) is 8.94. The summed E-state index contributed by atoms with van der Waals surface area (Å²) in [5.74, 6) is 0. The molecule has 56 valence electrons. The van der Waals surface area contributed by atoms with E-state index < -0.39 is 18.0 Å². The quantitative estimate of drug-likeness (QED) is 0.417. The zero-order valence-electron chi connectivity index (χ0n) is 3.97. The highest BCUT2D eigenvalue weighted by molar-refractivity contribution is 6.23. The second-order valence-corrected chi connectivity index (χ2v) is 1.93. The van der Waals surface area contributed by atoms with Crippen molar-refractivity contribution in [3.05, 3.63) is 0 Å². The van der Waals surface area contributed by atoms with Gasteiger partial charge < -0.3 is 0 Å². The fraction of sp³-hybridized carbons (Fsp3) is 1.00. The Kier molecular flexibility index (Phi) is 2.27. The molecular weight excluding hydrogens is 166 g/mol. The van der Waals surface area contributed by atoms with Crippen LogP contribution < -0.4 is 0 Å². The molecule has 0 bridgehead atoms. The number of halogens is 6. The van der Waals surface area contributed by atoms with Crippen molar-refractivity contribution < 1.29 is 22.0 Å². The molecule has 0 spiro atoms.